The summed E-state index contributed by atoms with van der Waals surface area (Å²) in [6.07, 6.45) is 4.18. The van der Waals surface area contributed by atoms with Crippen molar-refractivity contribution < 1.29 is 0 Å². The smallest absolute Gasteiger partial charge is 0.0510 e. The van der Waals surface area contributed by atoms with Gasteiger partial charge < -0.3 is 5.73 Å². The minimum absolute atomic E-state index is 0.455. The first kappa shape index (κ1) is 9.40. The summed E-state index contributed by atoms with van der Waals surface area (Å²) in [6, 6.07) is 12.4. The second-order valence-corrected chi connectivity index (χ2v) is 4.31. The lowest BCUT2D eigenvalue weighted by Gasteiger charge is -2.10. The number of aryl methyl sites for hydroxylation is 1. The van der Waals surface area contributed by atoms with Crippen LogP contribution in [0.5, 0.6) is 0 Å². The topological polar surface area (TPSA) is 38.9 Å². The number of nitrogens with zero attached hydrogens (tertiary/aromatic N) is 1. The molecule has 1 aromatic heterocycles. The molecule has 1 aromatic carbocycles. The molecule has 0 amide bonds. The first-order chi connectivity index (χ1) is 7.84. The van der Waals surface area contributed by atoms with Crippen molar-refractivity contribution in [1.29, 1.82) is 0 Å². The SMILES string of the molecule is Nc1ccc(C2CCc3cccnc32)cc1. The summed E-state index contributed by atoms with van der Waals surface area (Å²) in [5, 5.41) is 0. The van der Waals surface area contributed by atoms with E-state index in [0.717, 1.165) is 18.5 Å². The Hall–Kier alpha value is -1.83. The standard InChI is InChI=1S/C14H14N2/c15-12-6-3-10(4-7-12)13-8-5-11-2-1-9-16-14(11)13/h1-4,6-7,9,13H,5,8,15H2. The van der Waals surface area contributed by atoms with Gasteiger partial charge in [0, 0.05) is 17.8 Å². The van der Waals surface area contributed by atoms with Crippen LogP contribution in [0.2, 0.25) is 0 Å². The summed E-state index contributed by atoms with van der Waals surface area (Å²) in [5.41, 5.74) is 10.5. The van der Waals surface area contributed by atoms with Crippen LogP contribution in [-0.2, 0) is 6.42 Å². The van der Waals surface area contributed by atoms with Crippen molar-refractivity contribution in [2.24, 2.45) is 0 Å². The zero-order valence-electron chi connectivity index (χ0n) is 9.06. The van der Waals surface area contributed by atoms with Crippen molar-refractivity contribution >= 4 is 5.69 Å². The van der Waals surface area contributed by atoms with E-state index < -0.39 is 0 Å². The summed E-state index contributed by atoms with van der Waals surface area (Å²) >= 11 is 0. The number of rotatable bonds is 1. The average Bonchev–Trinajstić information content (AvgIpc) is 2.74. The highest BCUT2D eigenvalue weighted by molar-refractivity contribution is 5.44. The van der Waals surface area contributed by atoms with Gasteiger partial charge in [-0.2, -0.15) is 0 Å². The van der Waals surface area contributed by atoms with Gasteiger partial charge in [-0.05, 0) is 42.2 Å². The molecule has 1 aliphatic rings. The van der Waals surface area contributed by atoms with E-state index >= 15 is 0 Å². The molecule has 0 fully saturated rings. The summed E-state index contributed by atoms with van der Waals surface area (Å²) in [7, 11) is 0. The Bertz CT molecular complexity index is 502. The molecule has 1 atom stereocenters. The number of hydrogen-bond acceptors (Lipinski definition) is 2. The highest BCUT2D eigenvalue weighted by atomic mass is 14.7. The van der Waals surface area contributed by atoms with Gasteiger partial charge in [-0.15, -0.1) is 0 Å². The van der Waals surface area contributed by atoms with E-state index in [4.69, 9.17) is 5.73 Å². The van der Waals surface area contributed by atoms with Crippen LogP contribution in [0.15, 0.2) is 42.6 Å². The van der Waals surface area contributed by atoms with Crippen molar-refractivity contribution in [3.63, 3.8) is 0 Å². The van der Waals surface area contributed by atoms with Crippen LogP contribution in [0.3, 0.4) is 0 Å². The third kappa shape index (κ3) is 1.47. The summed E-state index contributed by atoms with van der Waals surface area (Å²) in [4.78, 5) is 4.51. The molecular formula is C14H14N2. The number of benzene rings is 1. The number of fused-ring (bicyclic) bond motifs is 1. The number of hydrogen-bond donors (Lipinski definition) is 1. The number of anilines is 1. The number of pyridine rings is 1. The Morgan fingerprint density at radius 2 is 1.94 bits per heavy atom. The monoisotopic (exact) mass is 210 g/mol. The molecule has 3 rings (SSSR count). The zero-order valence-corrected chi connectivity index (χ0v) is 9.06. The molecule has 0 spiro atoms. The molecule has 2 N–H and O–H groups in total. The van der Waals surface area contributed by atoms with Crippen LogP contribution in [0, 0.1) is 0 Å². The van der Waals surface area contributed by atoms with E-state index in [9.17, 15) is 0 Å². The fourth-order valence-electron chi connectivity index (χ4n) is 2.47. The van der Waals surface area contributed by atoms with Crippen molar-refractivity contribution in [1.82, 2.24) is 4.98 Å². The highest BCUT2D eigenvalue weighted by Crippen LogP contribution is 2.36. The van der Waals surface area contributed by atoms with E-state index in [1.807, 2.05) is 24.4 Å². The molecule has 1 unspecified atom stereocenters. The molecule has 0 bridgehead atoms. The van der Waals surface area contributed by atoms with Crippen LogP contribution < -0.4 is 5.73 Å². The third-order valence-electron chi connectivity index (χ3n) is 3.30. The molecule has 2 aromatic rings. The van der Waals surface area contributed by atoms with Gasteiger partial charge in [-0.25, -0.2) is 0 Å². The summed E-state index contributed by atoms with van der Waals surface area (Å²) in [6.45, 7) is 0. The number of nitrogens with two attached hydrogens (primary N) is 1. The minimum atomic E-state index is 0.455. The van der Waals surface area contributed by atoms with E-state index in [2.05, 4.69) is 23.2 Å². The van der Waals surface area contributed by atoms with Gasteiger partial charge >= 0.3 is 0 Å². The molecule has 0 radical (unpaired) electrons. The van der Waals surface area contributed by atoms with Gasteiger partial charge in [0.25, 0.3) is 0 Å². The lowest BCUT2D eigenvalue weighted by Crippen LogP contribution is -1.98. The first-order valence-corrected chi connectivity index (χ1v) is 5.64. The summed E-state index contributed by atoms with van der Waals surface area (Å²) in [5.74, 6) is 0.455. The second-order valence-electron chi connectivity index (χ2n) is 4.31. The molecular weight excluding hydrogens is 196 g/mol. The molecule has 1 heterocycles. The molecule has 1 aliphatic carbocycles. The zero-order chi connectivity index (χ0) is 11.0. The fraction of sp³-hybridized carbons (Fsp3) is 0.214. The fourth-order valence-corrected chi connectivity index (χ4v) is 2.47. The Labute approximate surface area is 95.1 Å². The second kappa shape index (κ2) is 3.63. The average molecular weight is 210 g/mol. The van der Waals surface area contributed by atoms with Gasteiger partial charge in [0.15, 0.2) is 0 Å². The van der Waals surface area contributed by atoms with E-state index in [1.165, 1.54) is 16.8 Å². The maximum Gasteiger partial charge on any atom is 0.0510 e. The normalized spacial score (nSPS) is 18.4. The number of aromatic nitrogens is 1. The van der Waals surface area contributed by atoms with Crippen LogP contribution in [0.25, 0.3) is 0 Å². The van der Waals surface area contributed by atoms with E-state index in [1.54, 1.807) is 0 Å². The molecule has 80 valence electrons. The first-order valence-electron chi connectivity index (χ1n) is 5.64. The minimum Gasteiger partial charge on any atom is -0.399 e. The van der Waals surface area contributed by atoms with E-state index in [-0.39, 0.29) is 0 Å². The van der Waals surface area contributed by atoms with Crippen molar-refractivity contribution in [3.05, 3.63) is 59.4 Å². The van der Waals surface area contributed by atoms with Gasteiger partial charge in [0.2, 0.25) is 0 Å². The molecule has 0 saturated carbocycles. The molecule has 2 nitrogen and oxygen atoms in total. The number of nitrogen functional groups attached to an aromatic ring is 1. The Morgan fingerprint density at radius 1 is 1.12 bits per heavy atom. The molecule has 0 saturated heterocycles. The lowest BCUT2D eigenvalue weighted by molar-refractivity contribution is 0.772. The highest BCUT2D eigenvalue weighted by Gasteiger charge is 2.24. The van der Waals surface area contributed by atoms with Crippen molar-refractivity contribution in [2.75, 3.05) is 5.73 Å². The molecule has 2 heteroatoms. The largest absolute Gasteiger partial charge is 0.399 e. The molecule has 0 aliphatic heterocycles. The van der Waals surface area contributed by atoms with Gasteiger partial charge in [0.05, 0.1) is 5.69 Å². The van der Waals surface area contributed by atoms with Gasteiger partial charge in [-0.1, -0.05) is 18.2 Å². The van der Waals surface area contributed by atoms with Crippen molar-refractivity contribution in [3.8, 4) is 0 Å². The van der Waals surface area contributed by atoms with Crippen LogP contribution >= 0.6 is 0 Å². The lowest BCUT2D eigenvalue weighted by atomic mass is 9.96. The molecule has 16 heavy (non-hydrogen) atoms. The Balaban J connectivity index is 2.01. The quantitative estimate of drug-likeness (QED) is 0.735. The maximum absolute atomic E-state index is 5.70. The third-order valence-corrected chi connectivity index (χ3v) is 3.30. The Morgan fingerprint density at radius 3 is 2.75 bits per heavy atom. The Kier molecular flexibility index (Phi) is 2.13. The van der Waals surface area contributed by atoms with Gasteiger partial charge in [0.1, 0.15) is 0 Å². The van der Waals surface area contributed by atoms with E-state index in [0.29, 0.717) is 5.92 Å². The van der Waals surface area contributed by atoms with Crippen LogP contribution in [-0.4, -0.2) is 4.98 Å². The predicted octanol–water partition coefficient (Wildman–Crippen LogP) is 2.74. The van der Waals surface area contributed by atoms with Crippen molar-refractivity contribution in [2.45, 2.75) is 18.8 Å². The van der Waals surface area contributed by atoms with Crippen LogP contribution in [0.1, 0.15) is 29.2 Å². The predicted molar refractivity (Wildman–Crippen MR) is 65.3 cm³/mol. The van der Waals surface area contributed by atoms with Crippen LogP contribution in [0.4, 0.5) is 5.69 Å². The van der Waals surface area contributed by atoms with Gasteiger partial charge in [-0.3, -0.25) is 4.98 Å². The summed E-state index contributed by atoms with van der Waals surface area (Å²) < 4.78 is 0. The maximum atomic E-state index is 5.70.